The highest BCUT2D eigenvalue weighted by Gasteiger charge is 2.49. The van der Waals surface area contributed by atoms with E-state index in [9.17, 15) is 10.3 Å². The Labute approximate surface area is 96.2 Å². The molecule has 8 heteroatoms. The van der Waals surface area contributed by atoms with Crippen molar-refractivity contribution < 1.29 is 19.8 Å². The quantitative estimate of drug-likeness (QED) is 0.283. The minimum Gasteiger partial charge on any atom is -0.411 e. The van der Waals surface area contributed by atoms with Gasteiger partial charge in [0.05, 0.1) is 5.71 Å². The molecule has 17 heavy (non-hydrogen) atoms. The van der Waals surface area contributed by atoms with Gasteiger partial charge in [-0.05, 0) is 11.8 Å². The monoisotopic (exact) mass is 240 g/mol. The second-order valence-corrected chi connectivity index (χ2v) is 4.09. The Balaban J connectivity index is 2.55. The summed E-state index contributed by atoms with van der Waals surface area (Å²) in [5.41, 5.74) is -1.22. The van der Waals surface area contributed by atoms with Gasteiger partial charge in [0.25, 0.3) is 5.69 Å². The lowest BCUT2D eigenvalue weighted by molar-refractivity contribution is -0.808. The molecule has 1 heterocycles. The van der Waals surface area contributed by atoms with Gasteiger partial charge in [-0.3, -0.25) is 4.63 Å². The summed E-state index contributed by atoms with van der Waals surface area (Å²) in [5.74, 6) is 0. The van der Waals surface area contributed by atoms with Crippen LogP contribution in [0.15, 0.2) is 9.78 Å². The molecule has 1 unspecified atom stereocenters. The standard InChI is InChI=1S/C9H12N4O4/c1-5(10)4-9(14)7(11-15)3-2-6-8(9)12-17-13(6)16/h10,14-15H,2-4H2,1H3/b10-5?,11-7+. The van der Waals surface area contributed by atoms with Crippen molar-refractivity contribution in [2.45, 2.75) is 31.8 Å². The average Bonchev–Trinajstić information content (AvgIpc) is 2.61. The molecule has 3 N–H and O–H groups in total. The van der Waals surface area contributed by atoms with Crippen molar-refractivity contribution in [1.82, 2.24) is 5.16 Å². The number of hydrogen-bond acceptors (Lipinski definition) is 7. The fourth-order valence-electron chi connectivity index (χ4n) is 2.07. The van der Waals surface area contributed by atoms with E-state index in [1.54, 1.807) is 0 Å². The number of oxime groups is 1. The summed E-state index contributed by atoms with van der Waals surface area (Å²) in [6, 6.07) is 0. The minimum absolute atomic E-state index is 0.0261. The summed E-state index contributed by atoms with van der Waals surface area (Å²) in [6.45, 7) is 1.51. The minimum atomic E-state index is -1.73. The number of aliphatic hydroxyl groups is 1. The van der Waals surface area contributed by atoms with Gasteiger partial charge in [-0.1, -0.05) is 5.16 Å². The summed E-state index contributed by atoms with van der Waals surface area (Å²) in [4.78, 5) is 0.230. The Morgan fingerprint density at radius 3 is 3.00 bits per heavy atom. The van der Waals surface area contributed by atoms with Gasteiger partial charge in [0.2, 0.25) is 5.69 Å². The molecule has 1 aliphatic carbocycles. The highest BCUT2D eigenvalue weighted by atomic mass is 16.8. The molecule has 8 nitrogen and oxygen atoms in total. The van der Waals surface area contributed by atoms with Crippen LogP contribution in [-0.4, -0.2) is 26.9 Å². The Kier molecular flexibility index (Phi) is 2.58. The molecule has 0 bridgehead atoms. The third kappa shape index (κ3) is 1.66. The Morgan fingerprint density at radius 2 is 2.41 bits per heavy atom. The van der Waals surface area contributed by atoms with Gasteiger partial charge in [-0.15, -0.1) is 0 Å². The van der Waals surface area contributed by atoms with E-state index in [1.807, 2.05) is 0 Å². The Bertz CT molecular complexity index is 495. The van der Waals surface area contributed by atoms with Gasteiger partial charge < -0.3 is 20.9 Å². The molecule has 1 atom stereocenters. The maximum absolute atomic E-state index is 11.3. The van der Waals surface area contributed by atoms with Gasteiger partial charge in [-0.25, -0.2) is 0 Å². The zero-order valence-corrected chi connectivity index (χ0v) is 9.17. The molecule has 1 aromatic rings. The third-order valence-electron chi connectivity index (χ3n) is 2.81. The van der Waals surface area contributed by atoms with Gasteiger partial charge in [0, 0.05) is 30.1 Å². The molecule has 0 spiro atoms. The average molecular weight is 240 g/mol. The van der Waals surface area contributed by atoms with Crippen LogP contribution in [0, 0.1) is 10.6 Å². The van der Waals surface area contributed by atoms with Gasteiger partial charge in [0.1, 0.15) is 0 Å². The maximum atomic E-state index is 11.3. The second kappa shape index (κ2) is 3.81. The number of fused-ring (bicyclic) bond motifs is 1. The maximum Gasteiger partial charge on any atom is 0.258 e. The number of nitrogens with zero attached hydrogens (tertiary/aromatic N) is 3. The largest absolute Gasteiger partial charge is 0.411 e. The van der Waals surface area contributed by atoms with Crippen LogP contribution >= 0.6 is 0 Å². The number of rotatable bonds is 2. The lowest BCUT2D eigenvalue weighted by Gasteiger charge is -2.27. The molecule has 1 aliphatic rings. The molecular formula is C9H12N4O4. The zero-order chi connectivity index (χ0) is 12.6. The third-order valence-corrected chi connectivity index (χ3v) is 2.81. The van der Waals surface area contributed by atoms with E-state index in [4.69, 9.17) is 10.6 Å². The van der Waals surface area contributed by atoms with Crippen molar-refractivity contribution in [3.8, 4) is 0 Å². The molecule has 2 rings (SSSR count). The van der Waals surface area contributed by atoms with Crippen LogP contribution in [0.2, 0.25) is 0 Å². The number of nitrogens with one attached hydrogen (secondary N) is 1. The van der Waals surface area contributed by atoms with E-state index in [1.165, 1.54) is 6.92 Å². The summed E-state index contributed by atoms with van der Waals surface area (Å²) >= 11 is 0. The van der Waals surface area contributed by atoms with Crippen LogP contribution in [-0.2, 0) is 12.0 Å². The Hall–Kier alpha value is -1.96. The molecule has 0 aliphatic heterocycles. The molecule has 0 saturated carbocycles. The van der Waals surface area contributed by atoms with Crippen LogP contribution in [0.25, 0.3) is 0 Å². The van der Waals surface area contributed by atoms with Crippen LogP contribution in [0.3, 0.4) is 0 Å². The first-order valence-electron chi connectivity index (χ1n) is 5.06. The molecule has 0 aromatic carbocycles. The number of aromatic nitrogens is 2. The zero-order valence-electron chi connectivity index (χ0n) is 9.17. The first-order valence-corrected chi connectivity index (χ1v) is 5.06. The Morgan fingerprint density at radius 1 is 1.71 bits per heavy atom. The van der Waals surface area contributed by atoms with E-state index in [-0.39, 0.29) is 47.0 Å². The second-order valence-electron chi connectivity index (χ2n) is 4.09. The summed E-state index contributed by atoms with van der Waals surface area (Å²) in [7, 11) is 0. The first kappa shape index (κ1) is 11.5. The fourth-order valence-corrected chi connectivity index (χ4v) is 2.07. The van der Waals surface area contributed by atoms with Crippen molar-refractivity contribution >= 4 is 11.4 Å². The van der Waals surface area contributed by atoms with E-state index in [0.29, 0.717) is 0 Å². The van der Waals surface area contributed by atoms with Gasteiger partial charge in [-0.2, -0.15) is 0 Å². The van der Waals surface area contributed by atoms with Crippen molar-refractivity contribution in [2.75, 3.05) is 0 Å². The van der Waals surface area contributed by atoms with Crippen molar-refractivity contribution in [2.24, 2.45) is 5.16 Å². The summed E-state index contributed by atoms with van der Waals surface area (Å²) in [5, 5.41) is 44.6. The van der Waals surface area contributed by atoms with E-state index in [0.717, 1.165) is 0 Å². The molecule has 0 amide bonds. The molecule has 1 aromatic heterocycles. The number of hydrogen-bond donors (Lipinski definition) is 3. The normalized spacial score (nSPS) is 25.9. The van der Waals surface area contributed by atoms with Crippen molar-refractivity contribution in [3.05, 3.63) is 16.6 Å². The summed E-state index contributed by atoms with van der Waals surface area (Å²) in [6.07, 6.45) is 0.406. The molecule has 0 radical (unpaired) electrons. The topological polar surface area (TPSA) is 130 Å². The highest BCUT2D eigenvalue weighted by molar-refractivity contribution is 5.98. The first-order chi connectivity index (χ1) is 7.99. The van der Waals surface area contributed by atoms with Crippen LogP contribution in [0.1, 0.15) is 31.2 Å². The van der Waals surface area contributed by atoms with Crippen LogP contribution < -0.4 is 4.90 Å². The summed E-state index contributed by atoms with van der Waals surface area (Å²) < 4.78 is 4.43. The smallest absolute Gasteiger partial charge is 0.258 e. The molecular weight excluding hydrogens is 228 g/mol. The SMILES string of the molecule is CC(=N)CC1(O)/C(=N/O)CCc2c1no[n+]2[O-]. The van der Waals surface area contributed by atoms with E-state index < -0.39 is 5.60 Å². The van der Waals surface area contributed by atoms with Crippen LogP contribution in [0.5, 0.6) is 0 Å². The fraction of sp³-hybridized carbons (Fsp3) is 0.556. The van der Waals surface area contributed by atoms with Crippen molar-refractivity contribution in [3.63, 3.8) is 0 Å². The predicted octanol–water partition coefficient (Wildman–Crippen LogP) is -0.298. The van der Waals surface area contributed by atoms with Gasteiger partial charge in [0.15, 0.2) is 5.60 Å². The van der Waals surface area contributed by atoms with Crippen LogP contribution in [0.4, 0.5) is 0 Å². The van der Waals surface area contributed by atoms with Gasteiger partial charge >= 0.3 is 0 Å². The molecule has 0 saturated heterocycles. The van der Waals surface area contributed by atoms with Crippen molar-refractivity contribution in [1.29, 1.82) is 5.41 Å². The van der Waals surface area contributed by atoms with E-state index >= 15 is 0 Å². The highest BCUT2D eigenvalue weighted by Crippen LogP contribution is 2.33. The molecule has 0 fully saturated rings. The lowest BCUT2D eigenvalue weighted by atomic mass is 9.80. The molecule has 92 valence electrons. The lowest BCUT2D eigenvalue weighted by Crippen LogP contribution is -2.44. The van der Waals surface area contributed by atoms with E-state index in [2.05, 4.69) is 14.9 Å². The predicted molar refractivity (Wildman–Crippen MR) is 54.9 cm³/mol.